The number of hydrogen-bond acceptors (Lipinski definition) is 3. The van der Waals surface area contributed by atoms with Crippen LogP contribution in [0.3, 0.4) is 0 Å². The van der Waals surface area contributed by atoms with Crippen molar-refractivity contribution in [2.75, 3.05) is 20.2 Å². The highest BCUT2D eigenvalue weighted by Crippen LogP contribution is 2.20. The molecule has 116 valence electrons. The molecule has 1 N–H and O–H groups in total. The monoisotopic (exact) mass is 293 g/mol. The first-order chi connectivity index (χ1) is 9.86. The normalized spacial score (nSPS) is 12.0. The summed E-state index contributed by atoms with van der Waals surface area (Å²) in [6, 6.07) is 6.98. The van der Waals surface area contributed by atoms with E-state index in [0.717, 1.165) is 0 Å². The highest BCUT2D eigenvalue weighted by atomic mass is 16.5. The molecule has 0 bridgehead atoms. The van der Waals surface area contributed by atoms with Crippen molar-refractivity contribution in [1.82, 2.24) is 4.90 Å². The summed E-state index contributed by atoms with van der Waals surface area (Å²) >= 11 is 0. The van der Waals surface area contributed by atoms with Gasteiger partial charge in [0, 0.05) is 13.1 Å². The molecule has 0 saturated carbocycles. The van der Waals surface area contributed by atoms with E-state index in [0.29, 0.717) is 17.9 Å². The Morgan fingerprint density at radius 3 is 2.33 bits per heavy atom. The second-order valence-electron chi connectivity index (χ2n) is 5.54. The van der Waals surface area contributed by atoms with Crippen LogP contribution >= 0.6 is 0 Å². The van der Waals surface area contributed by atoms with Crippen molar-refractivity contribution in [2.24, 2.45) is 11.8 Å². The number of aliphatic carboxylic acids is 1. The van der Waals surface area contributed by atoms with Crippen molar-refractivity contribution in [1.29, 1.82) is 0 Å². The number of amides is 1. The molecule has 0 radical (unpaired) electrons. The Labute approximate surface area is 125 Å². The Morgan fingerprint density at radius 1 is 1.19 bits per heavy atom. The van der Waals surface area contributed by atoms with Crippen molar-refractivity contribution in [2.45, 2.75) is 20.8 Å². The number of carboxylic acids is 1. The summed E-state index contributed by atoms with van der Waals surface area (Å²) in [7, 11) is 1.51. The molecule has 5 nitrogen and oxygen atoms in total. The lowest BCUT2D eigenvalue weighted by Crippen LogP contribution is -2.39. The SMILES string of the molecule is COc1ccccc1C(=O)N(CC(C)C)CC(C)C(=O)O. The van der Waals surface area contributed by atoms with Gasteiger partial charge in [0.25, 0.3) is 5.91 Å². The fourth-order valence-electron chi connectivity index (χ4n) is 2.08. The summed E-state index contributed by atoms with van der Waals surface area (Å²) in [5.74, 6) is -0.961. The van der Waals surface area contributed by atoms with Gasteiger partial charge in [-0.1, -0.05) is 32.9 Å². The molecular formula is C16H23NO4. The molecule has 0 heterocycles. The fraction of sp³-hybridized carbons (Fsp3) is 0.500. The molecule has 21 heavy (non-hydrogen) atoms. The summed E-state index contributed by atoms with van der Waals surface area (Å²) in [4.78, 5) is 25.3. The Balaban J connectivity index is 3.01. The fourth-order valence-corrected chi connectivity index (χ4v) is 2.08. The van der Waals surface area contributed by atoms with E-state index in [-0.39, 0.29) is 18.4 Å². The van der Waals surface area contributed by atoms with Crippen LogP contribution < -0.4 is 4.74 Å². The lowest BCUT2D eigenvalue weighted by Gasteiger charge is -2.27. The average molecular weight is 293 g/mol. The Morgan fingerprint density at radius 2 is 1.81 bits per heavy atom. The average Bonchev–Trinajstić information content (AvgIpc) is 2.45. The zero-order valence-electron chi connectivity index (χ0n) is 13.0. The largest absolute Gasteiger partial charge is 0.496 e. The molecular weight excluding hydrogens is 270 g/mol. The first-order valence-corrected chi connectivity index (χ1v) is 7.01. The Bertz CT molecular complexity index is 499. The first kappa shape index (κ1) is 17.0. The van der Waals surface area contributed by atoms with Gasteiger partial charge in [-0.25, -0.2) is 0 Å². The zero-order valence-corrected chi connectivity index (χ0v) is 13.0. The van der Waals surface area contributed by atoms with Gasteiger partial charge in [-0.05, 0) is 18.1 Å². The molecule has 0 spiro atoms. The molecule has 0 aromatic heterocycles. The number of para-hydroxylation sites is 1. The molecule has 0 aliphatic rings. The Hall–Kier alpha value is -2.04. The van der Waals surface area contributed by atoms with Crippen molar-refractivity contribution < 1.29 is 19.4 Å². The van der Waals surface area contributed by atoms with Crippen molar-refractivity contribution in [3.63, 3.8) is 0 Å². The summed E-state index contributed by atoms with van der Waals surface area (Å²) in [5, 5.41) is 9.06. The van der Waals surface area contributed by atoms with E-state index in [9.17, 15) is 9.59 Å². The maximum Gasteiger partial charge on any atom is 0.308 e. The van der Waals surface area contributed by atoms with Crippen molar-refractivity contribution in [3.8, 4) is 5.75 Å². The molecule has 0 aliphatic heterocycles. The standard InChI is InChI=1S/C16H23NO4/c1-11(2)9-17(10-12(3)16(19)20)15(18)13-7-5-6-8-14(13)21-4/h5-8,11-12H,9-10H2,1-4H3,(H,19,20). The molecule has 1 aromatic carbocycles. The molecule has 1 amide bonds. The number of hydrogen-bond donors (Lipinski definition) is 1. The maximum absolute atomic E-state index is 12.7. The summed E-state index contributed by atoms with van der Waals surface area (Å²) in [6.45, 7) is 6.28. The first-order valence-electron chi connectivity index (χ1n) is 7.01. The van der Waals surface area contributed by atoms with Crippen molar-refractivity contribution >= 4 is 11.9 Å². The van der Waals surface area contributed by atoms with E-state index in [2.05, 4.69) is 0 Å². The number of rotatable bonds is 7. The second-order valence-corrected chi connectivity index (χ2v) is 5.54. The number of nitrogens with zero attached hydrogens (tertiary/aromatic N) is 1. The third-order valence-corrected chi connectivity index (χ3v) is 3.13. The number of benzene rings is 1. The smallest absolute Gasteiger partial charge is 0.308 e. The van der Waals surface area contributed by atoms with E-state index >= 15 is 0 Å². The Kier molecular flexibility index (Phi) is 6.21. The van der Waals surface area contributed by atoms with Crippen LogP contribution in [0, 0.1) is 11.8 Å². The third kappa shape index (κ3) is 4.77. The lowest BCUT2D eigenvalue weighted by atomic mass is 10.1. The van der Waals surface area contributed by atoms with Gasteiger partial charge < -0.3 is 14.7 Å². The van der Waals surface area contributed by atoms with E-state index in [1.807, 2.05) is 13.8 Å². The van der Waals surface area contributed by atoms with Gasteiger partial charge in [-0.3, -0.25) is 9.59 Å². The quantitative estimate of drug-likeness (QED) is 0.839. The van der Waals surface area contributed by atoms with E-state index in [4.69, 9.17) is 9.84 Å². The van der Waals surface area contributed by atoms with Gasteiger partial charge in [-0.15, -0.1) is 0 Å². The number of methoxy groups -OCH3 is 1. The van der Waals surface area contributed by atoms with Crippen LogP contribution in [0.5, 0.6) is 5.75 Å². The molecule has 1 rings (SSSR count). The number of carbonyl (C=O) groups is 2. The summed E-state index contributed by atoms with van der Waals surface area (Å²) < 4.78 is 5.21. The van der Waals surface area contributed by atoms with Gasteiger partial charge in [0.15, 0.2) is 0 Å². The van der Waals surface area contributed by atoms with Crippen LogP contribution in [0.4, 0.5) is 0 Å². The van der Waals surface area contributed by atoms with E-state index < -0.39 is 11.9 Å². The highest BCUT2D eigenvalue weighted by molar-refractivity contribution is 5.97. The molecule has 5 heteroatoms. The summed E-state index contributed by atoms with van der Waals surface area (Å²) in [6.07, 6.45) is 0. The molecule has 1 aromatic rings. The zero-order chi connectivity index (χ0) is 16.0. The number of ether oxygens (including phenoxy) is 1. The third-order valence-electron chi connectivity index (χ3n) is 3.13. The summed E-state index contributed by atoms with van der Waals surface area (Å²) in [5.41, 5.74) is 0.457. The predicted molar refractivity (Wildman–Crippen MR) is 80.5 cm³/mol. The topological polar surface area (TPSA) is 66.8 Å². The predicted octanol–water partition coefficient (Wildman–Crippen LogP) is 2.51. The van der Waals surface area contributed by atoms with Crippen LogP contribution in [0.1, 0.15) is 31.1 Å². The minimum Gasteiger partial charge on any atom is -0.496 e. The van der Waals surface area contributed by atoms with Crippen LogP contribution in [0.25, 0.3) is 0 Å². The molecule has 0 aliphatic carbocycles. The minimum absolute atomic E-state index is 0.185. The molecule has 1 unspecified atom stereocenters. The maximum atomic E-state index is 12.7. The highest BCUT2D eigenvalue weighted by Gasteiger charge is 2.24. The van der Waals surface area contributed by atoms with Gasteiger partial charge in [0.2, 0.25) is 0 Å². The van der Waals surface area contributed by atoms with Crippen molar-refractivity contribution in [3.05, 3.63) is 29.8 Å². The van der Waals surface area contributed by atoms with Gasteiger partial charge in [0.05, 0.1) is 18.6 Å². The van der Waals surface area contributed by atoms with Gasteiger partial charge in [0.1, 0.15) is 5.75 Å². The second kappa shape index (κ2) is 7.67. The lowest BCUT2D eigenvalue weighted by molar-refractivity contribution is -0.141. The van der Waals surface area contributed by atoms with Crippen LogP contribution in [-0.2, 0) is 4.79 Å². The van der Waals surface area contributed by atoms with Crippen LogP contribution in [0.2, 0.25) is 0 Å². The van der Waals surface area contributed by atoms with Crippen LogP contribution in [-0.4, -0.2) is 42.1 Å². The number of carbonyl (C=O) groups excluding carboxylic acids is 1. The molecule has 0 saturated heterocycles. The van der Waals surface area contributed by atoms with E-state index in [1.165, 1.54) is 7.11 Å². The number of carboxylic acid groups (broad SMARTS) is 1. The van der Waals surface area contributed by atoms with E-state index in [1.54, 1.807) is 36.1 Å². The van der Waals surface area contributed by atoms with Crippen LogP contribution in [0.15, 0.2) is 24.3 Å². The minimum atomic E-state index is -0.906. The molecule has 1 atom stereocenters. The van der Waals surface area contributed by atoms with Gasteiger partial charge >= 0.3 is 5.97 Å². The molecule has 0 fully saturated rings. The van der Waals surface area contributed by atoms with Gasteiger partial charge in [-0.2, -0.15) is 0 Å².